The van der Waals surface area contributed by atoms with Gasteiger partial charge in [0.1, 0.15) is 12.4 Å². The lowest BCUT2D eigenvalue weighted by molar-refractivity contribution is -0.286. The number of ether oxygens (including phenoxy) is 1. The third-order valence-corrected chi connectivity index (χ3v) is 8.15. The largest absolute Gasteiger partial charge is 0.495 e. The highest BCUT2D eigenvalue weighted by Gasteiger charge is 2.43. The number of fused-ring (bicyclic) bond motifs is 1. The van der Waals surface area contributed by atoms with Crippen LogP contribution in [0.2, 0.25) is 0 Å². The number of anilines is 1. The minimum atomic E-state index is -5.39. The number of nitrogens with one attached hydrogen (secondary N) is 1. The fourth-order valence-corrected chi connectivity index (χ4v) is 5.40. The maximum Gasteiger partial charge on any atom is 0.495 e. The van der Waals surface area contributed by atoms with Crippen LogP contribution in [0.1, 0.15) is 93.9 Å². The number of hydrogen-bond acceptors (Lipinski definition) is 8. The van der Waals surface area contributed by atoms with E-state index < -0.39 is 43.2 Å². The predicted octanol–water partition coefficient (Wildman–Crippen LogP) is 7.70. The fourth-order valence-electron chi connectivity index (χ4n) is 5.40. The summed E-state index contributed by atoms with van der Waals surface area (Å²) in [5.74, 6) is -4.23. The molecule has 0 aliphatic carbocycles. The molecule has 4 rings (SSSR count). The number of aryl methyl sites for hydroxylation is 1. The van der Waals surface area contributed by atoms with Crippen LogP contribution in [-0.2, 0) is 56.0 Å². The van der Waals surface area contributed by atoms with Gasteiger partial charge in [-0.3, -0.25) is 0 Å². The molecule has 50 heavy (non-hydrogen) atoms. The summed E-state index contributed by atoms with van der Waals surface area (Å²) in [5, 5.41) is 7.40. The second kappa shape index (κ2) is 14.9. The lowest BCUT2D eigenvalue weighted by Crippen LogP contribution is -2.27. The smallest absolute Gasteiger partial charge is 0.477 e. The van der Waals surface area contributed by atoms with Gasteiger partial charge in [-0.1, -0.05) is 65.8 Å². The van der Waals surface area contributed by atoms with Gasteiger partial charge in [0, 0.05) is 30.6 Å². The Labute approximate surface area is 286 Å². The van der Waals surface area contributed by atoms with Crippen molar-refractivity contribution in [1.29, 1.82) is 0 Å². The summed E-state index contributed by atoms with van der Waals surface area (Å²) in [4.78, 5) is 36.5. The maximum absolute atomic E-state index is 13.6. The van der Waals surface area contributed by atoms with Crippen LogP contribution in [0, 0.1) is 0 Å². The number of nitrogens with zero attached hydrogens (tertiary/aromatic N) is 3. The Balaban J connectivity index is 1.64. The number of rotatable bonds is 10. The molecule has 1 aliphatic rings. The first-order chi connectivity index (χ1) is 23.1. The van der Waals surface area contributed by atoms with Crippen molar-refractivity contribution in [2.24, 2.45) is 0 Å². The zero-order valence-electron chi connectivity index (χ0n) is 28.8. The van der Waals surface area contributed by atoms with E-state index in [4.69, 9.17) is 4.74 Å². The van der Waals surface area contributed by atoms with Crippen molar-refractivity contribution in [3.63, 3.8) is 0 Å². The first kappa shape index (κ1) is 38.5. The van der Waals surface area contributed by atoms with Gasteiger partial charge in [0.15, 0.2) is 0 Å². The van der Waals surface area contributed by atoms with Gasteiger partial charge >= 0.3 is 24.3 Å². The molecule has 0 amide bonds. The van der Waals surface area contributed by atoms with Crippen LogP contribution in [0.15, 0.2) is 36.4 Å². The topological polar surface area (TPSA) is 105 Å². The summed E-state index contributed by atoms with van der Waals surface area (Å²) < 4.78 is 85.3. The number of hydrogen-bond donors (Lipinski definition) is 1. The molecule has 9 nitrogen and oxygen atoms in total. The third-order valence-electron chi connectivity index (χ3n) is 8.15. The normalized spacial score (nSPS) is 14.4. The summed E-state index contributed by atoms with van der Waals surface area (Å²) in [6, 6.07) is 10.8. The van der Waals surface area contributed by atoms with Gasteiger partial charge < -0.3 is 10.1 Å². The Hall–Kier alpha value is -4.30. The highest BCUT2D eigenvalue weighted by molar-refractivity contribution is 5.77. The van der Waals surface area contributed by atoms with Crippen molar-refractivity contribution >= 4 is 17.8 Å². The molecular weight excluding hydrogens is 670 g/mol. The second-order valence-corrected chi connectivity index (χ2v) is 14.5. The second-order valence-electron chi connectivity index (χ2n) is 14.5. The van der Waals surface area contributed by atoms with Gasteiger partial charge in [0.05, 0.1) is 18.7 Å². The van der Waals surface area contributed by atoms with Gasteiger partial charge in [0.25, 0.3) is 0 Å². The van der Waals surface area contributed by atoms with Crippen molar-refractivity contribution in [1.82, 2.24) is 14.8 Å². The van der Waals surface area contributed by atoms with Crippen molar-refractivity contribution in [2.45, 2.75) is 109 Å². The van der Waals surface area contributed by atoms with Crippen LogP contribution in [0.3, 0.4) is 0 Å². The summed E-state index contributed by atoms with van der Waals surface area (Å²) in [6.45, 7) is 11.2. The minimum absolute atomic E-state index is 0.00231. The molecule has 2 aromatic heterocycles. The van der Waals surface area contributed by atoms with E-state index in [2.05, 4.69) is 25.2 Å². The number of carbonyl (C=O) groups is 2. The van der Waals surface area contributed by atoms with Gasteiger partial charge in [-0.15, -0.1) is 0 Å². The lowest BCUT2D eigenvalue weighted by Gasteiger charge is -2.28. The molecule has 1 aromatic carbocycles. The van der Waals surface area contributed by atoms with Crippen molar-refractivity contribution < 1.29 is 50.4 Å². The van der Waals surface area contributed by atoms with E-state index in [1.54, 1.807) is 0 Å². The van der Waals surface area contributed by atoms with Crippen LogP contribution < -0.4 is 10.1 Å². The number of aromatic nitrogens is 3. The molecule has 0 radical (unpaired) electrons. The molecule has 3 aromatic rings. The van der Waals surface area contributed by atoms with Crippen molar-refractivity contribution in [3.8, 4) is 5.88 Å². The average molecular weight is 713 g/mol. The first-order valence-corrected chi connectivity index (χ1v) is 16.2. The number of halogens is 6. The summed E-state index contributed by atoms with van der Waals surface area (Å²) in [5.41, 5.74) is 3.54. The molecule has 0 spiro atoms. The maximum atomic E-state index is 13.6. The molecule has 0 saturated heterocycles. The predicted molar refractivity (Wildman–Crippen MR) is 172 cm³/mol. The van der Waals surface area contributed by atoms with E-state index in [1.807, 2.05) is 71.9 Å². The zero-order valence-corrected chi connectivity index (χ0v) is 28.8. The summed E-state index contributed by atoms with van der Waals surface area (Å²) >= 11 is 0. The van der Waals surface area contributed by atoms with Crippen LogP contribution >= 0.6 is 0 Å². The number of alkyl halides is 6. The lowest BCUT2D eigenvalue weighted by atomic mass is 9.77. The zero-order chi connectivity index (χ0) is 37.1. The van der Waals surface area contributed by atoms with E-state index in [0.29, 0.717) is 22.4 Å². The Kier molecular flexibility index (Phi) is 11.5. The molecule has 0 bridgehead atoms. The quantitative estimate of drug-likeness (QED) is 0.130. The molecule has 15 heteroatoms. The SMILES string of the molecule is CC(C)(C)c1cc(C(CC(=O)OOC(=O)C(F)(F)F)Cc2cc(OCCc3ccc4c(n3)NCCC4)n(CC(F)(F)F)n2)cc(C(C)(C)C)c1. The molecule has 3 heterocycles. The summed E-state index contributed by atoms with van der Waals surface area (Å²) in [7, 11) is 0. The summed E-state index contributed by atoms with van der Waals surface area (Å²) in [6.07, 6.45) is -8.53. The number of pyridine rings is 1. The molecule has 1 atom stereocenters. The van der Waals surface area contributed by atoms with Crippen LogP contribution in [-0.4, -0.2) is 52.2 Å². The fraction of sp³-hybridized carbons (Fsp3) is 0.543. The molecule has 0 saturated carbocycles. The highest BCUT2D eigenvalue weighted by Crippen LogP contribution is 2.36. The number of benzene rings is 1. The van der Waals surface area contributed by atoms with Gasteiger partial charge in [-0.2, -0.15) is 31.4 Å². The Morgan fingerprint density at radius 2 is 1.56 bits per heavy atom. The molecule has 0 fully saturated rings. The number of carbonyl (C=O) groups excluding carboxylic acids is 2. The first-order valence-electron chi connectivity index (χ1n) is 16.2. The molecule has 274 valence electrons. The molecule has 1 N–H and O–H groups in total. The molecule has 1 aliphatic heterocycles. The highest BCUT2D eigenvalue weighted by atomic mass is 19.4. The van der Waals surface area contributed by atoms with Crippen LogP contribution in [0.5, 0.6) is 5.88 Å². The van der Waals surface area contributed by atoms with E-state index in [-0.39, 0.29) is 35.4 Å². The third kappa shape index (κ3) is 10.8. The molecule has 1 unspecified atom stereocenters. The van der Waals surface area contributed by atoms with Gasteiger partial charge in [-0.05, 0) is 58.4 Å². The van der Waals surface area contributed by atoms with E-state index in [9.17, 15) is 35.9 Å². The van der Waals surface area contributed by atoms with Gasteiger partial charge in [-0.25, -0.2) is 29.0 Å². The van der Waals surface area contributed by atoms with E-state index in [0.717, 1.165) is 41.9 Å². The van der Waals surface area contributed by atoms with Crippen molar-refractivity contribution in [2.75, 3.05) is 18.5 Å². The van der Waals surface area contributed by atoms with E-state index in [1.165, 1.54) is 6.07 Å². The molecular formula is C35H42F6N4O5. The Morgan fingerprint density at radius 3 is 2.16 bits per heavy atom. The average Bonchev–Trinajstić information content (AvgIpc) is 3.36. The van der Waals surface area contributed by atoms with Crippen LogP contribution in [0.4, 0.5) is 32.2 Å². The van der Waals surface area contributed by atoms with Crippen molar-refractivity contribution in [3.05, 3.63) is 70.0 Å². The van der Waals surface area contributed by atoms with E-state index >= 15 is 0 Å². The standard InChI is InChI=1S/C35H42F6N4O5/c1-32(2,3)24-14-22(15-25(18-24)33(4,5)6)23(17-29(46)49-50-31(47)35(39,40)41)16-27-19-28(45(44-27)20-34(36,37)38)48-13-11-26-10-9-21-8-7-12-42-30(21)43-26/h9-10,14-15,18-19,23H,7-8,11-13,16-17,20H2,1-6H3,(H,42,43). The minimum Gasteiger partial charge on any atom is -0.477 e. The van der Waals surface area contributed by atoms with Crippen LogP contribution in [0.25, 0.3) is 0 Å². The Bertz CT molecular complexity index is 1640. The van der Waals surface area contributed by atoms with Gasteiger partial charge in [0.2, 0.25) is 5.88 Å². The Morgan fingerprint density at radius 1 is 0.900 bits per heavy atom. The monoisotopic (exact) mass is 712 g/mol.